The maximum absolute atomic E-state index is 12.9. The molecule has 2 aromatic rings. The van der Waals surface area contributed by atoms with Crippen molar-refractivity contribution in [3.05, 3.63) is 45.7 Å². The lowest BCUT2D eigenvalue weighted by Gasteiger charge is -2.39. The number of hydrogen-bond acceptors (Lipinski definition) is 4. The van der Waals surface area contributed by atoms with Gasteiger partial charge in [0.05, 0.1) is 34.6 Å². The third kappa shape index (κ3) is 4.45. The molecule has 2 bridgehead atoms. The highest BCUT2D eigenvalue weighted by atomic mass is 35.5. The Labute approximate surface area is 211 Å². The van der Waals surface area contributed by atoms with Crippen LogP contribution in [0.4, 0.5) is 4.79 Å². The van der Waals surface area contributed by atoms with E-state index in [1.165, 1.54) is 18.4 Å². The van der Waals surface area contributed by atoms with Crippen LogP contribution in [0.3, 0.4) is 0 Å². The zero-order valence-corrected chi connectivity index (χ0v) is 21.8. The van der Waals surface area contributed by atoms with Gasteiger partial charge in [0.15, 0.2) is 0 Å². The number of carbonyl (C=O) groups excluding carboxylic acids is 1. The average Bonchev–Trinajstić information content (AvgIpc) is 3.24. The van der Waals surface area contributed by atoms with Crippen LogP contribution >= 0.6 is 23.2 Å². The number of halogens is 2. The molecule has 0 N–H and O–H groups in total. The predicted octanol–water partition coefficient (Wildman–Crippen LogP) is 6.75. The van der Waals surface area contributed by atoms with Crippen molar-refractivity contribution in [3.63, 3.8) is 0 Å². The predicted molar refractivity (Wildman–Crippen MR) is 133 cm³/mol. The van der Waals surface area contributed by atoms with Crippen LogP contribution in [0.1, 0.15) is 77.0 Å². The standard InChI is InChI=1S/C26H33Cl2N3O3/c1-5-21-17-11-16(30(21)25(32)34-26(2,3)4)12-23(17)33-14-22-18(15-9-10-15)13-29-31(22)24-19(27)7-6-8-20(24)28/h6-8,13,15-17,21,23H,5,9-12,14H2,1-4H3. The molecule has 1 aromatic heterocycles. The number of para-hydroxylation sites is 1. The van der Waals surface area contributed by atoms with Crippen molar-refractivity contribution in [1.29, 1.82) is 0 Å². The van der Waals surface area contributed by atoms with E-state index in [2.05, 4.69) is 12.0 Å². The Kier molecular flexibility index (Phi) is 6.36. The van der Waals surface area contributed by atoms with Crippen LogP contribution in [-0.2, 0) is 16.1 Å². The third-order valence-corrected chi connectivity index (χ3v) is 7.91. The smallest absolute Gasteiger partial charge is 0.410 e. The first kappa shape index (κ1) is 24.0. The molecule has 2 saturated carbocycles. The van der Waals surface area contributed by atoms with E-state index >= 15 is 0 Å². The second-order valence-corrected chi connectivity index (χ2v) is 11.6. The Morgan fingerprint density at radius 3 is 2.50 bits per heavy atom. The van der Waals surface area contributed by atoms with Crippen LogP contribution in [0.25, 0.3) is 5.69 Å². The molecule has 1 aliphatic heterocycles. The van der Waals surface area contributed by atoms with E-state index in [0.29, 0.717) is 34.2 Å². The van der Waals surface area contributed by atoms with E-state index in [1.54, 1.807) is 0 Å². The fourth-order valence-electron chi connectivity index (χ4n) is 5.74. The van der Waals surface area contributed by atoms with Gasteiger partial charge in [-0.1, -0.05) is 36.2 Å². The van der Waals surface area contributed by atoms with Gasteiger partial charge in [-0.2, -0.15) is 5.10 Å². The molecule has 8 heteroatoms. The molecule has 2 heterocycles. The molecule has 34 heavy (non-hydrogen) atoms. The number of nitrogens with zero attached hydrogens (tertiary/aromatic N) is 3. The molecule has 0 radical (unpaired) electrons. The first-order valence-corrected chi connectivity index (χ1v) is 13.1. The van der Waals surface area contributed by atoms with Gasteiger partial charge in [0, 0.05) is 18.0 Å². The van der Waals surface area contributed by atoms with Gasteiger partial charge in [0.25, 0.3) is 0 Å². The highest BCUT2D eigenvalue weighted by molar-refractivity contribution is 6.37. The highest BCUT2D eigenvalue weighted by Gasteiger charge is 2.54. The summed E-state index contributed by atoms with van der Waals surface area (Å²) in [5, 5.41) is 5.80. The van der Waals surface area contributed by atoms with Crippen molar-refractivity contribution in [2.45, 2.75) is 96.1 Å². The molecule has 2 aliphatic carbocycles. The van der Waals surface area contributed by atoms with Gasteiger partial charge in [0.2, 0.25) is 0 Å². The second kappa shape index (κ2) is 9.03. The lowest BCUT2D eigenvalue weighted by molar-refractivity contribution is -0.0439. The van der Waals surface area contributed by atoms with E-state index in [0.717, 1.165) is 25.0 Å². The maximum atomic E-state index is 12.9. The topological polar surface area (TPSA) is 56.6 Å². The van der Waals surface area contributed by atoms with Crippen molar-refractivity contribution < 1.29 is 14.3 Å². The summed E-state index contributed by atoms with van der Waals surface area (Å²) in [4.78, 5) is 14.9. The van der Waals surface area contributed by atoms with Crippen molar-refractivity contribution in [2.24, 2.45) is 5.92 Å². The molecule has 0 spiro atoms. The van der Waals surface area contributed by atoms with E-state index in [4.69, 9.17) is 32.7 Å². The highest BCUT2D eigenvalue weighted by Crippen LogP contribution is 2.47. The average molecular weight is 506 g/mol. The fourth-order valence-corrected chi connectivity index (χ4v) is 6.30. The molecule has 4 atom stereocenters. The summed E-state index contributed by atoms with van der Waals surface area (Å²) in [5.41, 5.74) is 2.45. The number of amides is 1. The third-order valence-electron chi connectivity index (χ3n) is 7.30. The minimum absolute atomic E-state index is 0.103. The molecule has 184 valence electrons. The van der Waals surface area contributed by atoms with Crippen LogP contribution in [0.2, 0.25) is 10.0 Å². The summed E-state index contributed by atoms with van der Waals surface area (Å²) in [5.74, 6) is 0.840. The van der Waals surface area contributed by atoms with Gasteiger partial charge in [-0.05, 0) is 76.5 Å². The maximum Gasteiger partial charge on any atom is 0.410 e. The summed E-state index contributed by atoms with van der Waals surface area (Å²) in [6, 6.07) is 5.81. The van der Waals surface area contributed by atoms with Crippen molar-refractivity contribution in [3.8, 4) is 5.69 Å². The number of piperidine rings is 1. The van der Waals surface area contributed by atoms with Gasteiger partial charge in [-0.3, -0.25) is 0 Å². The molecule has 5 rings (SSSR count). The van der Waals surface area contributed by atoms with Gasteiger partial charge in [-0.25, -0.2) is 9.48 Å². The van der Waals surface area contributed by atoms with E-state index in [9.17, 15) is 4.79 Å². The number of rotatable bonds is 6. The molecule has 6 nitrogen and oxygen atoms in total. The quantitative estimate of drug-likeness (QED) is 0.435. The van der Waals surface area contributed by atoms with Gasteiger partial charge >= 0.3 is 6.09 Å². The lowest BCUT2D eigenvalue weighted by Crippen LogP contribution is -2.50. The first-order chi connectivity index (χ1) is 16.2. The van der Waals surface area contributed by atoms with Crippen molar-refractivity contribution in [2.75, 3.05) is 0 Å². The van der Waals surface area contributed by atoms with E-state index < -0.39 is 5.60 Å². The minimum atomic E-state index is -0.495. The number of hydrogen-bond donors (Lipinski definition) is 0. The number of ether oxygens (including phenoxy) is 2. The van der Waals surface area contributed by atoms with Crippen molar-refractivity contribution >= 4 is 29.3 Å². The van der Waals surface area contributed by atoms with Crippen LogP contribution in [0.5, 0.6) is 0 Å². The van der Waals surface area contributed by atoms with E-state index in [1.807, 2.05) is 54.7 Å². The molecular weight excluding hydrogens is 473 g/mol. The second-order valence-electron chi connectivity index (χ2n) is 10.8. The Morgan fingerprint density at radius 2 is 1.88 bits per heavy atom. The zero-order chi connectivity index (χ0) is 24.2. The molecule has 1 saturated heterocycles. The van der Waals surface area contributed by atoms with Gasteiger partial charge < -0.3 is 14.4 Å². The summed E-state index contributed by atoms with van der Waals surface area (Å²) in [7, 11) is 0. The molecule has 4 unspecified atom stereocenters. The summed E-state index contributed by atoms with van der Waals surface area (Å²) in [6.45, 7) is 8.33. The Hall–Kier alpha value is -1.76. The molecular formula is C26H33Cl2N3O3. The Balaban J connectivity index is 1.34. The van der Waals surface area contributed by atoms with Crippen LogP contribution in [0, 0.1) is 5.92 Å². The van der Waals surface area contributed by atoms with Crippen LogP contribution in [0.15, 0.2) is 24.4 Å². The first-order valence-electron chi connectivity index (χ1n) is 12.3. The molecule has 1 amide bonds. The van der Waals surface area contributed by atoms with Crippen LogP contribution in [-0.4, -0.2) is 44.6 Å². The van der Waals surface area contributed by atoms with Gasteiger partial charge in [0.1, 0.15) is 11.3 Å². The molecule has 3 aliphatic rings. The number of aromatic nitrogens is 2. The summed E-state index contributed by atoms with van der Waals surface area (Å²) in [6.07, 6.45) is 6.88. The minimum Gasteiger partial charge on any atom is -0.444 e. The largest absolute Gasteiger partial charge is 0.444 e. The lowest BCUT2D eigenvalue weighted by atomic mass is 9.94. The normalized spacial score (nSPS) is 26.4. The summed E-state index contributed by atoms with van der Waals surface area (Å²) >= 11 is 13.0. The molecule has 1 aromatic carbocycles. The monoisotopic (exact) mass is 505 g/mol. The Bertz CT molecular complexity index is 1060. The fraction of sp³-hybridized carbons (Fsp3) is 0.615. The number of carbonyl (C=O) groups is 1. The van der Waals surface area contributed by atoms with E-state index in [-0.39, 0.29) is 24.3 Å². The number of benzene rings is 1. The summed E-state index contributed by atoms with van der Waals surface area (Å²) < 4.78 is 14.1. The zero-order valence-electron chi connectivity index (χ0n) is 20.3. The van der Waals surface area contributed by atoms with Gasteiger partial charge in [-0.15, -0.1) is 0 Å². The van der Waals surface area contributed by atoms with Crippen molar-refractivity contribution in [1.82, 2.24) is 14.7 Å². The van der Waals surface area contributed by atoms with Crippen LogP contribution < -0.4 is 0 Å². The SMILES string of the molecule is CCC1C2CC(CC2OCc2c(C3CC3)cnn2-c2c(Cl)cccc2Cl)N1C(=O)OC(C)(C)C. The molecule has 3 fully saturated rings. The Morgan fingerprint density at radius 1 is 1.18 bits per heavy atom. The number of fused-ring (bicyclic) bond motifs is 2. The number of likely N-dealkylation sites (tertiary alicyclic amines) is 1.